The summed E-state index contributed by atoms with van der Waals surface area (Å²) in [6.45, 7) is 9.42. The molecular formula is C15H27Cl2N3OS. The Bertz CT molecular complexity index is 454. The standard InChI is InChI=1S/C15H25N3OS.2ClH/c1-15(2,3)14-18-12(10-20-14)8-13(19)17-7-5-11-4-6-16-9-11;;/h10-11,16H,4-9H2,1-3H3,(H,17,19);2*1H. The van der Waals surface area contributed by atoms with Crippen molar-refractivity contribution in [3.63, 3.8) is 0 Å². The second-order valence-corrected chi connectivity index (χ2v) is 7.43. The van der Waals surface area contributed by atoms with Crippen LogP contribution in [0.1, 0.15) is 44.3 Å². The van der Waals surface area contributed by atoms with E-state index in [1.165, 1.54) is 6.42 Å². The second kappa shape index (κ2) is 9.71. The number of carbonyl (C=O) groups is 1. The molecule has 22 heavy (non-hydrogen) atoms. The zero-order valence-corrected chi connectivity index (χ0v) is 15.9. The number of halogens is 2. The van der Waals surface area contributed by atoms with E-state index in [-0.39, 0.29) is 36.1 Å². The van der Waals surface area contributed by atoms with Gasteiger partial charge in [-0.3, -0.25) is 4.79 Å². The molecule has 1 aromatic heterocycles. The Morgan fingerprint density at radius 3 is 2.73 bits per heavy atom. The first-order chi connectivity index (χ1) is 9.45. The van der Waals surface area contributed by atoms with Crippen molar-refractivity contribution in [2.24, 2.45) is 5.92 Å². The summed E-state index contributed by atoms with van der Waals surface area (Å²) in [6, 6.07) is 0. The maximum Gasteiger partial charge on any atom is 0.226 e. The van der Waals surface area contributed by atoms with Crippen LogP contribution >= 0.6 is 36.2 Å². The Labute approximate surface area is 149 Å². The average Bonchev–Trinajstić information content (AvgIpc) is 2.98. The molecule has 2 N–H and O–H groups in total. The zero-order chi connectivity index (χ0) is 14.6. The molecule has 0 radical (unpaired) electrons. The summed E-state index contributed by atoms with van der Waals surface area (Å²) in [5.41, 5.74) is 0.953. The molecule has 2 heterocycles. The average molecular weight is 368 g/mol. The van der Waals surface area contributed by atoms with Crippen LogP contribution in [0.3, 0.4) is 0 Å². The third kappa shape index (κ3) is 6.82. The highest BCUT2D eigenvalue weighted by molar-refractivity contribution is 7.09. The smallest absolute Gasteiger partial charge is 0.226 e. The number of nitrogens with one attached hydrogen (secondary N) is 2. The SMILES string of the molecule is CC(C)(C)c1nc(CC(=O)NCCC2CCNC2)cs1.Cl.Cl. The number of aromatic nitrogens is 1. The molecule has 7 heteroatoms. The first kappa shape index (κ1) is 21.6. The number of carbonyl (C=O) groups excluding carboxylic acids is 1. The molecule has 0 bridgehead atoms. The number of amides is 1. The maximum absolute atomic E-state index is 11.9. The molecule has 1 fully saturated rings. The minimum atomic E-state index is 0. The van der Waals surface area contributed by atoms with E-state index in [9.17, 15) is 4.79 Å². The quantitative estimate of drug-likeness (QED) is 0.840. The van der Waals surface area contributed by atoms with Gasteiger partial charge in [-0.2, -0.15) is 0 Å². The van der Waals surface area contributed by atoms with Crippen LogP contribution < -0.4 is 10.6 Å². The molecule has 1 saturated heterocycles. The molecule has 0 aromatic carbocycles. The molecule has 128 valence electrons. The molecule has 1 aromatic rings. The largest absolute Gasteiger partial charge is 0.356 e. The predicted octanol–water partition coefficient (Wildman–Crippen LogP) is 2.94. The number of thiazole rings is 1. The zero-order valence-electron chi connectivity index (χ0n) is 13.5. The van der Waals surface area contributed by atoms with Crippen LogP contribution in [0.5, 0.6) is 0 Å². The maximum atomic E-state index is 11.9. The van der Waals surface area contributed by atoms with E-state index in [1.54, 1.807) is 11.3 Å². The van der Waals surface area contributed by atoms with E-state index in [0.29, 0.717) is 6.42 Å². The Morgan fingerprint density at radius 2 is 2.18 bits per heavy atom. The van der Waals surface area contributed by atoms with Gasteiger partial charge in [0.15, 0.2) is 0 Å². The Balaban J connectivity index is 0.00000220. The van der Waals surface area contributed by atoms with Gasteiger partial charge in [0.25, 0.3) is 0 Å². The fraction of sp³-hybridized carbons (Fsp3) is 0.733. The van der Waals surface area contributed by atoms with Crippen LogP contribution in [0.2, 0.25) is 0 Å². The lowest BCUT2D eigenvalue weighted by Gasteiger charge is -2.13. The van der Waals surface area contributed by atoms with Crippen LogP contribution in [0.25, 0.3) is 0 Å². The van der Waals surface area contributed by atoms with Gasteiger partial charge < -0.3 is 10.6 Å². The molecule has 0 spiro atoms. The van der Waals surface area contributed by atoms with Crippen molar-refractivity contribution in [3.05, 3.63) is 16.1 Å². The fourth-order valence-electron chi connectivity index (χ4n) is 2.34. The Kier molecular flexibility index (Phi) is 9.55. The van der Waals surface area contributed by atoms with Crippen molar-refractivity contribution in [3.8, 4) is 0 Å². The van der Waals surface area contributed by atoms with Crippen LogP contribution in [0.15, 0.2) is 5.38 Å². The highest BCUT2D eigenvalue weighted by Gasteiger charge is 2.19. The van der Waals surface area contributed by atoms with Crippen molar-refractivity contribution in [2.75, 3.05) is 19.6 Å². The van der Waals surface area contributed by atoms with E-state index in [2.05, 4.69) is 36.4 Å². The van der Waals surface area contributed by atoms with Crippen molar-refractivity contribution in [1.29, 1.82) is 0 Å². The third-order valence-corrected chi connectivity index (χ3v) is 4.89. The number of nitrogens with zero attached hydrogens (tertiary/aromatic N) is 1. The fourth-order valence-corrected chi connectivity index (χ4v) is 3.24. The van der Waals surface area contributed by atoms with Gasteiger partial charge in [0.05, 0.1) is 17.1 Å². The van der Waals surface area contributed by atoms with E-state index < -0.39 is 0 Å². The minimum absolute atomic E-state index is 0. The third-order valence-electron chi connectivity index (χ3n) is 3.57. The normalized spacial score (nSPS) is 17.5. The highest BCUT2D eigenvalue weighted by Crippen LogP contribution is 2.25. The van der Waals surface area contributed by atoms with Crippen LogP contribution in [-0.4, -0.2) is 30.5 Å². The van der Waals surface area contributed by atoms with Gasteiger partial charge in [0.1, 0.15) is 0 Å². The predicted molar refractivity (Wildman–Crippen MR) is 97.6 cm³/mol. The first-order valence-electron chi connectivity index (χ1n) is 7.37. The van der Waals surface area contributed by atoms with Crippen LogP contribution in [0.4, 0.5) is 0 Å². The van der Waals surface area contributed by atoms with Gasteiger partial charge in [0.2, 0.25) is 5.91 Å². The van der Waals surface area contributed by atoms with Gasteiger partial charge in [-0.25, -0.2) is 4.98 Å². The molecule has 4 nitrogen and oxygen atoms in total. The van der Waals surface area contributed by atoms with Gasteiger partial charge in [0, 0.05) is 17.3 Å². The van der Waals surface area contributed by atoms with Crippen molar-refractivity contribution in [2.45, 2.75) is 45.4 Å². The van der Waals surface area contributed by atoms with Crippen molar-refractivity contribution in [1.82, 2.24) is 15.6 Å². The molecule has 1 atom stereocenters. The van der Waals surface area contributed by atoms with E-state index >= 15 is 0 Å². The minimum Gasteiger partial charge on any atom is -0.356 e. The summed E-state index contributed by atoms with van der Waals surface area (Å²) in [4.78, 5) is 16.4. The Morgan fingerprint density at radius 1 is 1.45 bits per heavy atom. The molecule has 1 aliphatic rings. The van der Waals surface area contributed by atoms with E-state index in [4.69, 9.17) is 0 Å². The summed E-state index contributed by atoms with van der Waals surface area (Å²) in [5, 5.41) is 9.45. The van der Waals surface area contributed by atoms with Gasteiger partial charge in [-0.15, -0.1) is 36.2 Å². The monoisotopic (exact) mass is 367 g/mol. The molecule has 0 saturated carbocycles. The summed E-state index contributed by atoms with van der Waals surface area (Å²) in [6.07, 6.45) is 2.70. The summed E-state index contributed by atoms with van der Waals surface area (Å²) >= 11 is 1.64. The lowest BCUT2D eigenvalue weighted by atomic mass is 9.98. The van der Waals surface area contributed by atoms with Gasteiger partial charge >= 0.3 is 0 Å². The highest BCUT2D eigenvalue weighted by atomic mass is 35.5. The Hall–Kier alpha value is -0.360. The van der Waals surface area contributed by atoms with Crippen molar-refractivity contribution >= 4 is 42.1 Å². The van der Waals surface area contributed by atoms with Crippen LogP contribution in [-0.2, 0) is 16.6 Å². The molecule has 1 unspecified atom stereocenters. The molecule has 1 aliphatic heterocycles. The lowest BCUT2D eigenvalue weighted by Crippen LogP contribution is -2.28. The summed E-state index contributed by atoms with van der Waals surface area (Å²) in [5.74, 6) is 0.809. The van der Waals surface area contributed by atoms with Gasteiger partial charge in [-0.05, 0) is 31.8 Å². The number of hydrogen-bond acceptors (Lipinski definition) is 4. The topological polar surface area (TPSA) is 54.0 Å². The van der Waals surface area contributed by atoms with E-state index in [1.807, 2.05) is 5.38 Å². The molecule has 0 aliphatic carbocycles. The summed E-state index contributed by atoms with van der Waals surface area (Å²) < 4.78 is 0. The van der Waals surface area contributed by atoms with Gasteiger partial charge in [-0.1, -0.05) is 20.8 Å². The molecule has 1 amide bonds. The molecular weight excluding hydrogens is 341 g/mol. The number of hydrogen-bond donors (Lipinski definition) is 2. The van der Waals surface area contributed by atoms with Crippen LogP contribution in [0, 0.1) is 5.92 Å². The lowest BCUT2D eigenvalue weighted by molar-refractivity contribution is -0.120. The van der Waals surface area contributed by atoms with E-state index in [0.717, 1.165) is 42.7 Å². The first-order valence-corrected chi connectivity index (χ1v) is 8.25. The van der Waals surface area contributed by atoms with Crippen molar-refractivity contribution < 1.29 is 4.79 Å². The molecule has 2 rings (SSSR count). The number of rotatable bonds is 5. The summed E-state index contributed by atoms with van der Waals surface area (Å²) in [7, 11) is 0. The second-order valence-electron chi connectivity index (χ2n) is 6.57.